The molecule has 21 heavy (non-hydrogen) atoms. The highest BCUT2D eigenvalue weighted by Gasteiger charge is 2.11. The summed E-state index contributed by atoms with van der Waals surface area (Å²) in [5.74, 6) is -1.13. The highest BCUT2D eigenvalue weighted by Crippen LogP contribution is 2.12. The molecule has 3 rings (SSSR count). The molecule has 0 saturated carbocycles. The van der Waals surface area contributed by atoms with Crippen LogP contribution in [0, 0.1) is 0 Å². The number of fused-ring (bicyclic) bond motifs is 1. The predicted molar refractivity (Wildman–Crippen MR) is 78.5 cm³/mol. The summed E-state index contributed by atoms with van der Waals surface area (Å²) in [4.78, 5) is 27.5. The van der Waals surface area contributed by atoms with Crippen molar-refractivity contribution in [2.45, 2.75) is 6.54 Å². The number of rotatable bonds is 3. The Morgan fingerprint density at radius 2 is 1.86 bits per heavy atom. The molecule has 104 valence electrons. The smallest absolute Gasteiger partial charge is 0.352 e. The first-order valence-corrected chi connectivity index (χ1v) is 6.43. The lowest BCUT2D eigenvalue weighted by molar-refractivity contribution is 0.0684. The van der Waals surface area contributed by atoms with E-state index in [-0.39, 0.29) is 17.8 Å². The molecule has 0 fully saturated rings. The van der Waals surface area contributed by atoms with E-state index in [0.717, 1.165) is 10.9 Å². The second-order valence-corrected chi connectivity index (χ2v) is 4.64. The lowest BCUT2D eigenvalue weighted by Crippen LogP contribution is -2.25. The molecule has 0 radical (unpaired) electrons. The zero-order chi connectivity index (χ0) is 14.8. The quantitative estimate of drug-likeness (QED) is 0.797. The van der Waals surface area contributed by atoms with Crippen molar-refractivity contribution in [1.82, 2.24) is 9.55 Å². The lowest BCUT2D eigenvalue weighted by atomic mass is 10.2. The summed E-state index contributed by atoms with van der Waals surface area (Å²) in [5, 5.41) is 10.2. The van der Waals surface area contributed by atoms with Crippen molar-refractivity contribution in [3.8, 4) is 0 Å². The number of hydrogen-bond donors (Lipinski definition) is 1. The van der Waals surface area contributed by atoms with Gasteiger partial charge in [0, 0.05) is 11.5 Å². The van der Waals surface area contributed by atoms with Crippen molar-refractivity contribution in [3.63, 3.8) is 0 Å². The van der Waals surface area contributed by atoms with E-state index in [1.807, 2.05) is 30.3 Å². The van der Waals surface area contributed by atoms with Gasteiger partial charge in [0.1, 0.15) is 5.69 Å². The minimum atomic E-state index is -1.13. The van der Waals surface area contributed by atoms with Crippen LogP contribution in [0.4, 0.5) is 0 Å². The van der Waals surface area contributed by atoms with Gasteiger partial charge in [-0.1, -0.05) is 30.3 Å². The monoisotopic (exact) mass is 280 g/mol. The van der Waals surface area contributed by atoms with Crippen LogP contribution < -0.4 is 5.56 Å². The summed E-state index contributed by atoms with van der Waals surface area (Å²) >= 11 is 0. The molecular formula is C16H12N2O3. The first kappa shape index (κ1) is 13.1. The average molecular weight is 280 g/mol. The topological polar surface area (TPSA) is 72.2 Å². The summed E-state index contributed by atoms with van der Waals surface area (Å²) in [6.45, 7) is 0.131. The van der Waals surface area contributed by atoms with Crippen LogP contribution in [0.3, 0.4) is 0 Å². The van der Waals surface area contributed by atoms with Gasteiger partial charge < -0.3 is 5.11 Å². The van der Waals surface area contributed by atoms with E-state index in [1.54, 1.807) is 6.07 Å². The molecule has 3 aromatic rings. The first-order chi connectivity index (χ1) is 10.1. The van der Waals surface area contributed by atoms with Gasteiger partial charge in [0.15, 0.2) is 0 Å². The van der Waals surface area contributed by atoms with Gasteiger partial charge in [-0.15, -0.1) is 0 Å². The van der Waals surface area contributed by atoms with Crippen LogP contribution in [0.5, 0.6) is 0 Å². The SMILES string of the molecule is O=C(O)c1cccc(=O)n1Cc1ccc2ccccc2n1. The average Bonchev–Trinajstić information content (AvgIpc) is 2.49. The molecule has 0 amide bonds. The molecule has 5 heteroatoms. The fourth-order valence-corrected chi connectivity index (χ4v) is 2.23. The molecular weight excluding hydrogens is 268 g/mol. The van der Waals surface area contributed by atoms with E-state index >= 15 is 0 Å². The van der Waals surface area contributed by atoms with Crippen LogP contribution in [0.25, 0.3) is 10.9 Å². The van der Waals surface area contributed by atoms with Gasteiger partial charge in [0.05, 0.1) is 17.8 Å². The van der Waals surface area contributed by atoms with Crippen LogP contribution in [-0.4, -0.2) is 20.6 Å². The van der Waals surface area contributed by atoms with E-state index in [2.05, 4.69) is 4.98 Å². The van der Waals surface area contributed by atoms with Crippen LogP contribution in [-0.2, 0) is 6.54 Å². The fraction of sp³-hybridized carbons (Fsp3) is 0.0625. The van der Waals surface area contributed by atoms with E-state index in [4.69, 9.17) is 5.11 Å². The Labute approximate surface area is 120 Å². The predicted octanol–water partition coefficient (Wildman–Crippen LogP) is 2.14. The minimum Gasteiger partial charge on any atom is -0.477 e. The van der Waals surface area contributed by atoms with Crippen LogP contribution in [0.15, 0.2) is 59.4 Å². The van der Waals surface area contributed by atoms with Gasteiger partial charge in [-0.05, 0) is 18.2 Å². The number of benzene rings is 1. The number of aromatic carboxylic acids is 1. The molecule has 1 aromatic carbocycles. The number of carbonyl (C=O) groups is 1. The lowest BCUT2D eigenvalue weighted by Gasteiger charge is -2.09. The number of aromatic nitrogens is 2. The van der Waals surface area contributed by atoms with Gasteiger partial charge in [0.25, 0.3) is 5.56 Å². The van der Waals surface area contributed by atoms with Gasteiger partial charge in [0.2, 0.25) is 0 Å². The number of hydrogen-bond acceptors (Lipinski definition) is 3. The normalized spacial score (nSPS) is 10.7. The Morgan fingerprint density at radius 1 is 1.05 bits per heavy atom. The fourth-order valence-electron chi connectivity index (χ4n) is 2.23. The number of para-hydroxylation sites is 1. The molecule has 0 unspecified atom stereocenters. The molecule has 0 aliphatic rings. The maximum atomic E-state index is 11.9. The van der Waals surface area contributed by atoms with Crippen LogP contribution in [0.1, 0.15) is 16.2 Å². The third-order valence-electron chi connectivity index (χ3n) is 3.25. The Bertz CT molecular complexity index is 884. The maximum Gasteiger partial charge on any atom is 0.352 e. The second-order valence-electron chi connectivity index (χ2n) is 4.64. The Morgan fingerprint density at radius 3 is 2.67 bits per heavy atom. The summed E-state index contributed by atoms with van der Waals surface area (Å²) < 4.78 is 1.21. The molecule has 0 atom stereocenters. The number of nitrogens with zero attached hydrogens (tertiary/aromatic N) is 2. The summed E-state index contributed by atoms with van der Waals surface area (Å²) in [6.07, 6.45) is 0. The van der Waals surface area contributed by atoms with Crippen LogP contribution >= 0.6 is 0 Å². The van der Waals surface area contributed by atoms with Crippen molar-refractivity contribution in [3.05, 3.63) is 76.3 Å². The van der Waals surface area contributed by atoms with Crippen molar-refractivity contribution in [2.24, 2.45) is 0 Å². The standard InChI is InChI=1S/C16H12N2O3/c19-15-7-3-6-14(16(20)21)18(15)10-12-9-8-11-4-1-2-5-13(11)17-12/h1-9H,10H2,(H,20,21). The molecule has 0 aliphatic carbocycles. The van der Waals surface area contributed by atoms with Crippen LogP contribution in [0.2, 0.25) is 0 Å². The molecule has 0 aliphatic heterocycles. The number of pyridine rings is 2. The summed E-state index contributed by atoms with van der Waals surface area (Å²) in [5.41, 5.74) is 1.06. The summed E-state index contributed by atoms with van der Waals surface area (Å²) in [7, 11) is 0. The molecule has 2 aromatic heterocycles. The Hall–Kier alpha value is -2.95. The van der Waals surface area contributed by atoms with Crippen molar-refractivity contribution in [2.75, 3.05) is 0 Å². The molecule has 1 N–H and O–H groups in total. The third-order valence-corrected chi connectivity index (χ3v) is 3.25. The van der Waals surface area contributed by atoms with Gasteiger partial charge in [-0.2, -0.15) is 0 Å². The van der Waals surface area contributed by atoms with Gasteiger partial charge >= 0.3 is 5.97 Å². The zero-order valence-corrected chi connectivity index (χ0v) is 11.1. The van der Waals surface area contributed by atoms with Gasteiger partial charge in [-0.3, -0.25) is 14.3 Å². The van der Waals surface area contributed by atoms with Crippen molar-refractivity contribution >= 4 is 16.9 Å². The van der Waals surface area contributed by atoms with E-state index in [0.29, 0.717) is 5.69 Å². The first-order valence-electron chi connectivity index (χ1n) is 6.43. The highest BCUT2D eigenvalue weighted by molar-refractivity contribution is 5.85. The Balaban J connectivity index is 2.06. The molecule has 0 saturated heterocycles. The molecule has 0 spiro atoms. The second kappa shape index (κ2) is 5.20. The number of carboxylic acids is 1. The number of carboxylic acid groups (broad SMARTS) is 1. The zero-order valence-electron chi connectivity index (χ0n) is 11.1. The van der Waals surface area contributed by atoms with Crippen molar-refractivity contribution in [1.29, 1.82) is 0 Å². The summed E-state index contributed by atoms with van der Waals surface area (Å²) in [6, 6.07) is 15.5. The highest BCUT2D eigenvalue weighted by atomic mass is 16.4. The minimum absolute atomic E-state index is 0.0440. The van der Waals surface area contributed by atoms with E-state index in [1.165, 1.54) is 22.8 Å². The van der Waals surface area contributed by atoms with E-state index < -0.39 is 5.97 Å². The molecule has 2 heterocycles. The van der Waals surface area contributed by atoms with Gasteiger partial charge in [-0.25, -0.2) is 4.79 Å². The third kappa shape index (κ3) is 2.53. The Kier molecular flexibility index (Phi) is 3.23. The maximum absolute atomic E-state index is 11.9. The largest absolute Gasteiger partial charge is 0.477 e. The van der Waals surface area contributed by atoms with E-state index in [9.17, 15) is 9.59 Å². The molecule has 5 nitrogen and oxygen atoms in total. The van der Waals surface area contributed by atoms with Crippen molar-refractivity contribution < 1.29 is 9.90 Å². The molecule has 0 bridgehead atoms.